The van der Waals surface area contributed by atoms with Gasteiger partial charge < -0.3 is 10.2 Å². The van der Waals surface area contributed by atoms with Crippen molar-refractivity contribution in [2.45, 2.75) is 33.2 Å². The van der Waals surface area contributed by atoms with Crippen molar-refractivity contribution in [1.82, 2.24) is 10.3 Å². The number of hydrogen-bond donors (Lipinski definition) is 1. The lowest BCUT2D eigenvalue weighted by atomic mass is 10.0. The molecule has 1 aliphatic rings. The predicted octanol–water partition coefficient (Wildman–Crippen LogP) is 2.68. The highest BCUT2D eigenvalue weighted by molar-refractivity contribution is 6.04. The first-order valence-electron chi connectivity index (χ1n) is 8.18. The summed E-state index contributed by atoms with van der Waals surface area (Å²) < 4.78 is 13.7. The third-order valence-corrected chi connectivity index (χ3v) is 4.43. The minimum absolute atomic E-state index is 0.107. The molecule has 0 radical (unpaired) electrons. The summed E-state index contributed by atoms with van der Waals surface area (Å²) in [5.74, 6) is -1.47. The molecule has 0 aliphatic carbocycles. The Labute approximate surface area is 145 Å². The summed E-state index contributed by atoms with van der Waals surface area (Å²) in [6.45, 7) is 6.48. The maximum atomic E-state index is 13.7. The third-order valence-electron chi connectivity index (χ3n) is 4.43. The van der Waals surface area contributed by atoms with Gasteiger partial charge in [-0.15, -0.1) is 0 Å². The van der Waals surface area contributed by atoms with Crippen LogP contribution in [-0.4, -0.2) is 29.4 Å². The molecule has 1 aromatic heterocycles. The van der Waals surface area contributed by atoms with E-state index in [1.807, 2.05) is 32.9 Å². The molecule has 25 heavy (non-hydrogen) atoms. The molecule has 0 spiro atoms. The standard InChI is InChI=1S/C19H20FN3O2/c1-11-8-12(2)17(13(3)9-11)23-7-5-16(19(23)25)22-18(24)14-4-6-21-10-15(14)20/h4,6,8-10,16H,5,7H2,1-3H3,(H,22,24)/t16-/m1/s1. The Morgan fingerprint density at radius 3 is 2.60 bits per heavy atom. The lowest BCUT2D eigenvalue weighted by Crippen LogP contribution is -2.42. The van der Waals surface area contributed by atoms with Crippen molar-refractivity contribution in [3.8, 4) is 0 Å². The van der Waals surface area contributed by atoms with Crippen LogP contribution in [0.3, 0.4) is 0 Å². The molecule has 6 heteroatoms. The van der Waals surface area contributed by atoms with Crippen LogP contribution >= 0.6 is 0 Å². The lowest BCUT2D eigenvalue weighted by molar-refractivity contribution is -0.118. The Bertz CT molecular complexity index is 827. The molecular formula is C19H20FN3O2. The first-order chi connectivity index (χ1) is 11.9. The minimum atomic E-state index is -0.701. The van der Waals surface area contributed by atoms with Gasteiger partial charge in [-0.3, -0.25) is 14.6 Å². The number of pyridine rings is 1. The van der Waals surface area contributed by atoms with Crippen LogP contribution in [0, 0.1) is 26.6 Å². The number of carbonyl (C=O) groups is 2. The van der Waals surface area contributed by atoms with Gasteiger partial charge in [-0.1, -0.05) is 17.7 Å². The summed E-state index contributed by atoms with van der Waals surface area (Å²) in [6.07, 6.45) is 2.82. The van der Waals surface area contributed by atoms with Crippen molar-refractivity contribution in [2.75, 3.05) is 11.4 Å². The Balaban J connectivity index is 1.79. The van der Waals surface area contributed by atoms with Crippen molar-refractivity contribution in [3.63, 3.8) is 0 Å². The van der Waals surface area contributed by atoms with Gasteiger partial charge in [-0.25, -0.2) is 4.39 Å². The summed E-state index contributed by atoms with van der Waals surface area (Å²) in [7, 11) is 0. The molecule has 0 saturated carbocycles. The van der Waals surface area contributed by atoms with Gasteiger partial charge in [0.05, 0.1) is 11.8 Å². The third kappa shape index (κ3) is 3.24. The van der Waals surface area contributed by atoms with Gasteiger partial charge in [0, 0.05) is 18.4 Å². The topological polar surface area (TPSA) is 62.3 Å². The number of hydrogen-bond acceptors (Lipinski definition) is 3. The number of rotatable bonds is 3. The van der Waals surface area contributed by atoms with E-state index >= 15 is 0 Å². The van der Waals surface area contributed by atoms with Crippen LogP contribution in [0.2, 0.25) is 0 Å². The smallest absolute Gasteiger partial charge is 0.255 e. The van der Waals surface area contributed by atoms with Crippen molar-refractivity contribution in [1.29, 1.82) is 0 Å². The van der Waals surface area contributed by atoms with E-state index in [1.165, 1.54) is 12.3 Å². The largest absolute Gasteiger partial charge is 0.340 e. The van der Waals surface area contributed by atoms with Crippen molar-refractivity contribution >= 4 is 17.5 Å². The monoisotopic (exact) mass is 341 g/mol. The van der Waals surface area contributed by atoms with Gasteiger partial charge >= 0.3 is 0 Å². The van der Waals surface area contributed by atoms with Crippen molar-refractivity contribution in [2.24, 2.45) is 0 Å². The molecule has 1 aromatic carbocycles. The van der Waals surface area contributed by atoms with Crippen LogP contribution in [0.1, 0.15) is 33.5 Å². The zero-order valence-electron chi connectivity index (χ0n) is 14.5. The van der Waals surface area contributed by atoms with Gasteiger partial charge in [0.2, 0.25) is 5.91 Å². The molecule has 1 N–H and O–H groups in total. The van der Waals surface area contributed by atoms with Crippen LogP contribution in [-0.2, 0) is 4.79 Å². The van der Waals surface area contributed by atoms with Gasteiger partial charge in [-0.2, -0.15) is 0 Å². The zero-order chi connectivity index (χ0) is 18.1. The van der Waals surface area contributed by atoms with Gasteiger partial charge in [-0.05, 0) is 44.4 Å². The first-order valence-corrected chi connectivity index (χ1v) is 8.18. The average Bonchev–Trinajstić information content (AvgIpc) is 2.88. The lowest BCUT2D eigenvalue weighted by Gasteiger charge is -2.22. The molecule has 0 bridgehead atoms. The molecule has 1 aliphatic heterocycles. The number of aryl methyl sites for hydroxylation is 3. The predicted molar refractivity (Wildman–Crippen MR) is 93.1 cm³/mol. The molecule has 2 amide bonds. The fourth-order valence-electron chi connectivity index (χ4n) is 3.43. The molecule has 0 unspecified atom stereocenters. The van der Waals surface area contributed by atoms with Crippen molar-refractivity contribution in [3.05, 3.63) is 58.7 Å². The summed E-state index contributed by atoms with van der Waals surface area (Å²) in [5.41, 5.74) is 3.98. The Morgan fingerprint density at radius 2 is 1.96 bits per heavy atom. The summed E-state index contributed by atoms with van der Waals surface area (Å²) >= 11 is 0. The Kier molecular flexibility index (Phi) is 4.53. The molecule has 2 heterocycles. The molecule has 5 nitrogen and oxygen atoms in total. The molecule has 3 rings (SSSR count). The highest BCUT2D eigenvalue weighted by atomic mass is 19.1. The minimum Gasteiger partial charge on any atom is -0.340 e. The highest BCUT2D eigenvalue weighted by Gasteiger charge is 2.35. The molecule has 1 saturated heterocycles. The molecule has 1 fully saturated rings. The van der Waals surface area contributed by atoms with E-state index in [0.29, 0.717) is 13.0 Å². The van der Waals surface area contributed by atoms with Gasteiger partial charge in [0.25, 0.3) is 5.91 Å². The SMILES string of the molecule is Cc1cc(C)c(N2CC[C@@H](NC(=O)c3ccncc3F)C2=O)c(C)c1. The maximum Gasteiger partial charge on any atom is 0.255 e. The van der Waals surface area contributed by atoms with Crippen LogP contribution in [0.5, 0.6) is 0 Å². The highest BCUT2D eigenvalue weighted by Crippen LogP contribution is 2.30. The normalized spacial score (nSPS) is 17.0. The first kappa shape index (κ1) is 17.1. The second kappa shape index (κ2) is 6.63. The van der Waals surface area contributed by atoms with E-state index in [0.717, 1.165) is 28.6 Å². The van der Waals surface area contributed by atoms with Crippen LogP contribution < -0.4 is 10.2 Å². The molecule has 130 valence electrons. The number of nitrogens with one attached hydrogen (secondary N) is 1. The van der Waals surface area contributed by atoms with E-state index in [4.69, 9.17) is 0 Å². The second-order valence-corrected chi connectivity index (χ2v) is 6.41. The van der Waals surface area contributed by atoms with Crippen LogP contribution in [0.25, 0.3) is 0 Å². The molecule has 1 atom stereocenters. The zero-order valence-corrected chi connectivity index (χ0v) is 14.5. The Morgan fingerprint density at radius 1 is 1.28 bits per heavy atom. The van der Waals surface area contributed by atoms with E-state index in [1.54, 1.807) is 4.90 Å². The van der Waals surface area contributed by atoms with Crippen molar-refractivity contribution < 1.29 is 14.0 Å². The number of aromatic nitrogens is 1. The number of amides is 2. The number of anilines is 1. The van der Waals surface area contributed by atoms with E-state index in [-0.39, 0.29) is 11.5 Å². The number of halogens is 1. The van der Waals surface area contributed by atoms with Crippen LogP contribution in [0.15, 0.2) is 30.6 Å². The van der Waals surface area contributed by atoms with Gasteiger partial charge in [0.1, 0.15) is 6.04 Å². The summed E-state index contributed by atoms with van der Waals surface area (Å²) in [6, 6.07) is 4.72. The molecule has 2 aromatic rings. The number of benzene rings is 1. The van der Waals surface area contributed by atoms with E-state index < -0.39 is 17.8 Å². The number of nitrogens with zero attached hydrogens (tertiary/aromatic N) is 2. The fourth-order valence-corrected chi connectivity index (χ4v) is 3.43. The maximum absolute atomic E-state index is 13.7. The average molecular weight is 341 g/mol. The van der Waals surface area contributed by atoms with Crippen LogP contribution in [0.4, 0.5) is 10.1 Å². The quantitative estimate of drug-likeness (QED) is 0.934. The summed E-state index contributed by atoms with van der Waals surface area (Å²) in [4.78, 5) is 30.3. The second-order valence-electron chi connectivity index (χ2n) is 6.41. The Hall–Kier alpha value is -2.76. The summed E-state index contributed by atoms with van der Waals surface area (Å²) in [5, 5.41) is 2.64. The molecular weight excluding hydrogens is 321 g/mol. The van der Waals surface area contributed by atoms with Gasteiger partial charge in [0.15, 0.2) is 5.82 Å². The van der Waals surface area contributed by atoms with E-state index in [9.17, 15) is 14.0 Å². The fraction of sp³-hybridized carbons (Fsp3) is 0.316. The number of carbonyl (C=O) groups excluding carboxylic acids is 2. The van der Waals surface area contributed by atoms with E-state index in [2.05, 4.69) is 10.3 Å².